The molecule has 1 aliphatic rings. The van der Waals surface area contributed by atoms with Crippen LogP contribution in [0.25, 0.3) is 44.4 Å². The van der Waals surface area contributed by atoms with Gasteiger partial charge in [-0.25, -0.2) is 4.98 Å². The Hall–Kier alpha value is -5.85. The second kappa shape index (κ2) is 9.91. The van der Waals surface area contributed by atoms with E-state index in [-0.39, 0.29) is 0 Å². The first-order valence-corrected chi connectivity index (χ1v) is 14.4. The molecule has 2 aromatic heterocycles. The standard InChI is InChI=1S/C40H25N3/c41-24-27-22-30(26-42-25-27)38-17-9-16-37(43-38)29-19-20-35-34(23-29)39-33-15-8-7-10-28(33)18-21-36(39)40(35,31-11-3-1-4-12-31)32-13-5-2-6-14-32/h1-23,25-26H. The maximum atomic E-state index is 9.38. The van der Waals surface area contributed by atoms with Gasteiger partial charge in [-0.15, -0.1) is 0 Å². The number of aromatic nitrogens is 2. The van der Waals surface area contributed by atoms with E-state index in [0.29, 0.717) is 5.56 Å². The van der Waals surface area contributed by atoms with Gasteiger partial charge >= 0.3 is 0 Å². The molecule has 1 aliphatic carbocycles. The zero-order valence-electron chi connectivity index (χ0n) is 23.3. The molecule has 2 heterocycles. The van der Waals surface area contributed by atoms with E-state index in [1.165, 1.54) is 44.2 Å². The van der Waals surface area contributed by atoms with Crippen molar-refractivity contribution in [2.45, 2.75) is 5.41 Å². The minimum absolute atomic E-state index is 0.464. The number of benzene rings is 5. The van der Waals surface area contributed by atoms with Gasteiger partial charge in [0.05, 0.1) is 22.4 Å². The highest BCUT2D eigenvalue weighted by molar-refractivity contribution is 6.04. The Kier molecular flexibility index (Phi) is 5.74. The topological polar surface area (TPSA) is 49.6 Å². The molecule has 8 rings (SSSR count). The maximum absolute atomic E-state index is 9.38. The van der Waals surface area contributed by atoms with Gasteiger partial charge < -0.3 is 0 Å². The summed E-state index contributed by atoms with van der Waals surface area (Å²) in [5.74, 6) is 0. The van der Waals surface area contributed by atoms with Gasteiger partial charge in [0, 0.05) is 23.5 Å². The molecule has 0 bridgehead atoms. The van der Waals surface area contributed by atoms with Crippen LogP contribution in [0.2, 0.25) is 0 Å². The number of pyridine rings is 2. The molecular weight excluding hydrogens is 522 g/mol. The Morgan fingerprint density at radius 3 is 1.98 bits per heavy atom. The summed E-state index contributed by atoms with van der Waals surface area (Å²) in [7, 11) is 0. The summed E-state index contributed by atoms with van der Waals surface area (Å²) in [6.07, 6.45) is 3.33. The van der Waals surface area contributed by atoms with Crippen molar-refractivity contribution in [2.75, 3.05) is 0 Å². The molecule has 0 aliphatic heterocycles. The average Bonchev–Trinajstić information content (AvgIpc) is 3.40. The molecule has 43 heavy (non-hydrogen) atoms. The summed E-state index contributed by atoms with van der Waals surface area (Å²) >= 11 is 0. The Labute approximate surface area is 250 Å². The van der Waals surface area contributed by atoms with Crippen LogP contribution < -0.4 is 0 Å². The molecule has 200 valence electrons. The quantitative estimate of drug-likeness (QED) is 0.221. The molecule has 3 heteroatoms. The summed E-state index contributed by atoms with van der Waals surface area (Å²) in [5, 5.41) is 11.8. The van der Waals surface area contributed by atoms with Crippen molar-refractivity contribution in [3.63, 3.8) is 0 Å². The lowest BCUT2D eigenvalue weighted by Crippen LogP contribution is -2.28. The van der Waals surface area contributed by atoms with E-state index in [9.17, 15) is 5.26 Å². The van der Waals surface area contributed by atoms with Crippen molar-refractivity contribution in [1.29, 1.82) is 5.26 Å². The van der Waals surface area contributed by atoms with Crippen LogP contribution in [0.3, 0.4) is 0 Å². The number of hydrogen-bond donors (Lipinski definition) is 0. The van der Waals surface area contributed by atoms with E-state index in [1.54, 1.807) is 12.4 Å². The molecule has 0 radical (unpaired) electrons. The number of nitrogens with zero attached hydrogens (tertiary/aromatic N) is 3. The van der Waals surface area contributed by atoms with Crippen LogP contribution in [-0.4, -0.2) is 9.97 Å². The van der Waals surface area contributed by atoms with Gasteiger partial charge in [0.15, 0.2) is 0 Å². The van der Waals surface area contributed by atoms with E-state index in [1.807, 2.05) is 24.3 Å². The summed E-state index contributed by atoms with van der Waals surface area (Å²) < 4.78 is 0. The van der Waals surface area contributed by atoms with Crippen molar-refractivity contribution < 1.29 is 0 Å². The Balaban J connectivity index is 1.41. The lowest BCUT2D eigenvalue weighted by molar-refractivity contribution is 0.769. The molecule has 0 amide bonds. The number of fused-ring (bicyclic) bond motifs is 5. The average molecular weight is 548 g/mol. The number of hydrogen-bond acceptors (Lipinski definition) is 3. The molecule has 0 saturated carbocycles. The van der Waals surface area contributed by atoms with Crippen LogP contribution in [0.4, 0.5) is 0 Å². The molecule has 0 fully saturated rings. The largest absolute Gasteiger partial charge is 0.263 e. The van der Waals surface area contributed by atoms with Crippen molar-refractivity contribution in [2.24, 2.45) is 0 Å². The highest BCUT2D eigenvalue weighted by Crippen LogP contribution is 2.58. The van der Waals surface area contributed by atoms with Gasteiger partial charge in [0.1, 0.15) is 6.07 Å². The Morgan fingerprint density at radius 1 is 0.558 bits per heavy atom. The lowest BCUT2D eigenvalue weighted by Gasteiger charge is -2.34. The van der Waals surface area contributed by atoms with Crippen LogP contribution in [0, 0.1) is 11.3 Å². The highest BCUT2D eigenvalue weighted by atomic mass is 14.7. The van der Waals surface area contributed by atoms with Crippen molar-refractivity contribution in [1.82, 2.24) is 9.97 Å². The van der Waals surface area contributed by atoms with E-state index in [2.05, 4.69) is 126 Å². The third kappa shape index (κ3) is 3.81. The fourth-order valence-electron chi connectivity index (χ4n) is 6.82. The van der Waals surface area contributed by atoms with Crippen molar-refractivity contribution >= 4 is 10.8 Å². The first-order chi connectivity index (χ1) is 21.3. The summed E-state index contributed by atoms with van der Waals surface area (Å²) in [6, 6.07) is 51.8. The molecule has 7 aromatic rings. The van der Waals surface area contributed by atoms with E-state index in [4.69, 9.17) is 4.98 Å². The van der Waals surface area contributed by atoms with Gasteiger partial charge in [-0.1, -0.05) is 115 Å². The van der Waals surface area contributed by atoms with E-state index >= 15 is 0 Å². The van der Waals surface area contributed by atoms with Gasteiger partial charge in [-0.2, -0.15) is 5.26 Å². The lowest BCUT2D eigenvalue weighted by atomic mass is 9.67. The van der Waals surface area contributed by atoms with E-state index in [0.717, 1.165) is 22.5 Å². The fourth-order valence-corrected chi connectivity index (χ4v) is 6.82. The first kappa shape index (κ1) is 24.9. The monoisotopic (exact) mass is 547 g/mol. The summed E-state index contributed by atoms with van der Waals surface area (Å²) in [6.45, 7) is 0. The second-order valence-corrected chi connectivity index (χ2v) is 10.9. The van der Waals surface area contributed by atoms with Gasteiger partial charge in [0.25, 0.3) is 0 Å². The van der Waals surface area contributed by atoms with Crippen LogP contribution in [-0.2, 0) is 5.41 Å². The van der Waals surface area contributed by atoms with Crippen LogP contribution >= 0.6 is 0 Å². The fraction of sp³-hybridized carbons (Fsp3) is 0.0250. The van der Waals surface area contributed by atoms with Gasteiger partial charge in [-0.05, 0) is 68.4 Å². The summed E-state index contributed by atoms with van der Waals surface area (Å²) in [5.41, 5.74) is 11.1. The van der Waals surface area contributed by atoms with Crippen molar-refractivity contribution in [3.05, 3.63) is 180 Å². The van der Waals surface area contributed by atoms with Crippen molar-refractivity contribution in [3.8, 4) is 39.7 Å². The minimum atomic E-state index is -0.464. The minimum Gasteiger partial charge on any atom is -0.263 e. The molecule has 0 spiro atoms. The zero-order chi connectivity index (χ0) is 28.8. The molecule has 0 N–H and O–H groups in total. The number of rotatable bonds is 4. The molecule has 0 saturated heterocycles. The maximum Gasteiger partial charge on any atom is 0.101 e. The predicted molar refractivity (Wildman–Crippen MR) is 172 cm³/mol. The van der Waals surface area contributed by atoms with Crippen LogP contribution in [0.5, 0.6) is 0 Å². The Bertz CT molecular complexity index is 2150. The highest BCUT2D eigenvalue weighted by Gasteiger charge is 2.46. The van der Waals surface area contributed by atoms with E-state index < -0.39 is 5.41 Å². The molecule has 5 aromatic carbocycles. The third-order valence-corrected chi connectivity index (χ3v) is 8.65. The smallest absolute Gasteiger partial charge is 0.101 e. The van der Waals surface area contributed by atoms with Crippen LogP contribution in [0.1, 0.15) is 27.8 Å². The number of nitriles is 1. The van der Waals surface area contributed by atoms with Crippen LogP contribution in [0.15, 0.2) is 152 Å². The van der Waals surface area contributed by atoms with Gasteiger partial charge in [-0.3, -0.25) is 4.98 Å². The third-order valence-electron chi connectivity index (χ3n) is 8.65. The molecule has 3 nitrogen and oxygen atoms in total. The SMILES string of the molecule is N#Cc1cncc(-c2cccc(-c3ccc4c(c3)-c3c(ccc5ccccc35)C4(c3ccccc3)c3ccccc3)n2)c1. The molecular formula is C40H25N3. The molecule has 0 unspecified atom stereocenters. The molecule has 0 atom stereocenters. The zero-order valence-corrected chi connectivity index (χ0v) is 23.3. The second-order valence-electron chi connectivity index (χ2n) is 10.9. The predicted octanol–water partition coefficient (Wildman–Crippen LogP) is 9.20. The van der Waals surface area contributed by atoms with Gasteiger partial charge in [0.2, 0.25) is 0 Å². The Morgan fingerprint density at radius 2 is 1.23 bits per heavy atom. The summed E-state index contributed by atoms with van der Waals surface area (Å²) in [4.78, 5) is 9.28. The normalized spacial score (nSPS) is 12.8. The first-order valence-electron chi connectivity index (χ1n) is 14.4.